The highest BCUT2D eigenvalue weighted by Gasteiger charge is 2.43. The fraction of sp³-hybridized carbons (Fsp3) is 0.778. The molecule has 116 valence electrons. The van der Waals surface area contributed by atoms with E-state index in [-0.39, 0.29) is 17.2 Å². The molecule has 3 atom stereocenters. The van der Waals surface area contributed by atoms with Gasteiger partial charge < -0.3 is 4.90 Å². The number of nitriles is 1. The predicted octanol–water partition coefficient (Wildman–Crippen LogP) is 3.77. The van der Waals surface area contributed by atoms with E-state index in [2.05, 4.69) is 26.5 Å². The van der Waals surface area contributed by atoms with Crippen LogP contribution >= 0.6 is 0 Å². The average Bonchev–Trinajstić information content (AvgIpc) is 2.92. The second-order valence-corrected chi connectivity index (χ2v) is 7.66. The van der Waals surface area contributed by atoms with Crippen LogP contribution in [-0.2, 0) is 4.79 Å². The Morgan fingerprint density at radius 1 is 1.38 bits per heavy atom. The third kappa shape index (κ3) is 3.48. The minimum atomic E-state index is -0.496. The molecule has 1 aliphatic carbocycles. The third-order valence-electron chi connectivity index (χ3n) is 5.32. The SMILES string of the molecule is C=C(C)[C@H]1CCC(C)(C)C[C@@H]1C(C#N)C(=O)N1CCCC1. The van der Waals surface area contributed by atoms with Crippen molar-refractivity contribution in [2.75, 3.05) is 13.1 Å². The summed E-state index contributed by atoms with van der Waals surface area (Å²) in [6, 6.07) is 2.34. The van der Waals surface area contributed by atoms with Crippen LogP contribution in [0.1, 0.15) is 52.9 Å². The van der Waals surface area contributed by atoms with Gasteiger partial charge in [-0.05, 0) is 56.3 Å². The van der Waals surface area contributed by atoms with E-state index in [1.54, 1.807) is 0 Å². The van der Waals surface area contributed by atoms with Gasteiger partial charge in [0, 0.05) is 13.1 Å². The van der Waals surface area contributed by atoms with Crippen molar-refractivity contribution in [3.05, 3.63) is 12.2 Å². The summed E-state index contributed by atoms with van der Waals surface area (Å²) in [5.41, 5.74) is 1.35. The second-order valence-electron chi connectivity index (χ2n) is 7.66. The standard InChI is InChI=1S/C18H28N2O/c1-13(2)14-7-8-18(3,4)11-15(14)16(12-19)17(21)20-9-5-6-10-20/h14-16H,1,5-11H2,2-4H3/t14-,15+,16?/m1/s1. The second kappa shape index (κ2) is 6.22. The summed E-state index contributed by atoms with van der Waals surface area (Å²) in [6.07, 6.45) is 5.30. The van der Waals surface area contributed by atoms with E-state index in [0.717, 1.165) is 50.8 Å². The maximum Gasteiger partial charge on any atom is 0.240 e. The molecule has 0 bridgehead atoms. The summed E-state index contributed by atoms with van der Waals surface area (Å²) in [6.45, 7) is 12.3. The average molecular weight is 288 g/mol. The van der Waals surface area contributed by atoms with E-state index in [0.29, 0.717) is 5.92 Å². The van der Waals surface area contributed by atoms with Crippen molar-refractivity contribution in [2.24, 2.45) is 23.2 Å². The molecule has 1 amide bonds. The molecule has 0 aromatic heterocycles. The number of allylic oxidation sites excluding steroid dienone is 1. The molecule has 0 aromatic rings. The Kier molecular flexibility index (Phi) is 4.76. The molecule has 3 heteroatoms. The molecule has 21 heavy (non-hydrogen) atoms. The van der Waals surface area contributed by atoms with Crippen molar-refractivity contribution >= 4 is 5.91 Å². The number of hydrogen-bond acceptors (Lipinski definition) is 2. The van der Waals surface area contributed by atoms with Crippen molar-refractivity contribution in [3.8, 4) is 6.07 Å². The van der Waals surface area contributed by atoms with Crippen LogP contribution in [0.25, 0.3) is 0 Å². The Morgan fingerprint density at radius 3 is 2.52 bits per heavy atom. The lowest BCUT2D eigenvalue weighted by molar-refractivity contribution is -0.135. The molecule has 1 unspecified atom stereocenters. The number of likely N-dealkylation sites (tertiary alicyclic amines) is 1. The number of rotatable bonds is 3. The van der Waals surface area contributed by atoms with Crippen molar-refractivity contribution in [1.29, 1.82) is 5.26 Å². The zero-order valence-corrected chi connectivity index (χ0v) is 13.7. The van der Waals surface area contributed by atoms with Crippen LogP contribution in [0.5, 0.6) is 0 Å². The molecule has 0 radical (unpaired) electrons. The first-order valence-corrected chi connectivity index (χ1v) is 8.19. The van der Waals surface area contributed by atoms with Crippen molar-refractivity contribution < 1.29 is 4.79 Å². The molecule has 2 fully saturated rings. The van der Waals surface area contributed by atoms with Gasteiger partial charge in [0.1, 0.15) is 5.92 Å². The Balaban J connectivity index is 2.21. The molecular weight excluding hydrogens is 260 g/mol. The van der Waals surface area contributed by atoms with Crippen LogP contribution in [0.4, 0.5) is 0 Å². The van der Waals surface area contributed by atoms with Crippen molar-refractivity contribution in [2.45, 2.75) is 52.9 Å². The number of hydrogen-bond donors (Lipinski definition) is 0. The maximum atomic E-state index is 12.7. The van der Waals surface area contributed by atoms with Gasteiger partial charge in [0.05, 0.1) is 6.07 Å². The van der Waals surface area contributed by atoms with E-state index in [1.807, 2.05) is 11.8 Å². The highest BCUT2D eigenvalue weighted by atomic mass is 16.2. The van der Waals surface area contributed by atoms with Gasteiger partial charge in [0.25, 0.3) is 0 Å². The van der Waals surface area contributed by atoms with Crippen LogP contribution in [0, 0.1) is 34.5 Å². The van der Waals surface area contributed by atoms with Gasteiger partial charge in [0.2, 0.25) is 5.91 Å². The lowest BCUT2D eigenvalue weighted by Crippen LogP contribution is -2.42. The normalized spacial score (nSPS) is 29.7. The van der Waals surface area contributed by atoms with Gasteiger partial charge in [-0.3, -0.25) is 4.79 Å². The van der Waals surface area contributed by atoms with Gasteiger partial charge in [-0.25, -0.2) is 0 Å². The largest absolute Gasteiger partial charge is 0.342 e. The van der Waals surface area contributed by atoms with Crippen LogP contribution in [0.15, 0.2) is 12.2 Å². The first kappa shape index (κ1) is 16.1. The van der Waals surface area contributed by atoms with Gasteiger partial charge >= 0.3 is 0 Å². The van der Waals surface area contributed by atoms with Gasteiger partial charge in [-0.1, -0.05) is 26.0 Å². The van der Waals surface area contributed by atoms with Crippen molar-refractivity contribution in [1.82, 2.24) is 4.90 Å². The van der Waals surface area contributed by atoms with Gasteiger partial charge in [-0.15, -0.1) is 0 Å². The molecule has 0 spiro atoms. The summed E-state index contributed by atoms with van der Waals surface area (Å²) in [7, 11) is 0. The molecule has 1 saturated heterocycles. The summed E-state index contributed by atoms with van der Waals surface area (Å²) < 4.78 is 0. The van der Waals surface area contributed by atoms with E-state index in [4.69, 9.17) is 0 Å². The predicted molar refractivity (Wildman–Crippen MR) is 84.3 cm³/mol. The fourth-order valence-corrected chi connectivity index (χ4v) is 4.07. The molecule has 0 N–H and O–H groups in total. The lowest BCUT2D eigenvalue weighted by atomic mass is 9.62. The molecule has 2 rings (SSSR count). The zero-order valence-electron chi connectivity index (χ0n) is 13.7. The smallest absolute Gasteiger partial charge is 0.240 e. The topological polar surface area (TPSA) is 44.1 Å². The molecule has 0 aromatic carbocycles. The Morgan fingerprint density at radius 2 is 2.00 bits per heavy atom. The highest BCUT2D eigenvalue weighted by Crippen LogP contribution is 2.47. The quantitative estimate of drug-likeness (QED) is 0.742. The Labute approximate surface area is 129 Å². The van der Waals surface area contributed by atoms with Crippen LogP contribution in [0.2, 0.25) is 0 Å². The van der Waals surface area contributed by atoms with Crippen LogP contribution in [0.3, 0.4) is 0 Å². The molecule has 2 aliphatic rings. The third-order valence-corrected chi connectivity index (χ3v) is 5.32. The summed E-state index contributed by atoms with van der Waals surface area (Å²) in [5, 5.41) is 9.65. The summed E-state index contributed by atoms with van der Waals surface area (Å²) in [4.78, 5) is 14.6. The fourth-order valence-electron chi connectivity index (χ4n) is 4.07. The van der Waals surface area contributed by atoms with E-state index in [9.17, 15) is 10.1 Å². The monoisotopic (exact) mass is 288 g/mol. The molecule has 3 nitrogen and oxygen atoms in total. The molecular formula is C18H28N2O. The van der Waals surface area contributed by atoms with Crippen LogP contribution in [-0.4, -0.2) is 23.9 Å². The van der Waals surface area contributed by atoms with Crippen molar-refractivity contribution in [3.63, 3.8) is 0 Å². The van der Waals surface area contributed by atoms with E-state index >= 15 is 0 Å². The number of carbonyl (C=O) groups is 1. The van der Waals surface area contributed by atoms with Gasteiger partial charge in [-0.2, -0.15) is 5.26 Å². The summed E-state index contributed by atoms with van der Waals surface area (Å²) in [5.74, 6) is 0.00639. The first-order valence-electron chi connectivity index (χ1n) is 8.19. The molecule has 1 heterocycles. The molecule has 1 aliphatic heterocycles. The minimum absolute atomic E-state index is 0.0592. The Hall–Kier alpha value is -1.30. The number of nitrogens with zero attached hydrogens (tertiary/aromatic N) is 2. The summed E-state index contributed by atoms with van der Waals surface area (Å²) >= 11 is 0. The lowest BCUT2D eigenvalue weighted by Gasteiger charge is -2.43. The first-order chi connectivity index (χ1) is 9.85. The number of amides is 1. The minimum Gasteiger partial charge on any atom is -0.342 e. The van der Waals surface area contributed by atoms with Crippen LogP contribution < -0.4 is 0 Å². The Bertz CT molecular complexity index is 454. The zero-order chi connectivity index (χ0) is 15.6. The van der Waals surface area contributed by atoms with E-state index < -0.39 is 5.92 Å². The number of carbonyl (C=O) groups excluding carboxylic acids is 1. The van der Waals surface area contributed by atoms with Gasteiger partial charge in [0.15, 0.2) is 0 Å². The maximum absolute atomic E-state index is 12.7. The molecule has 1 saturated carbocycles. The highest BCUT2D eigenvalue weighted by molar-refractivity contribution is 5.82. The van der Waals surface area contributed by atoms with E-state index in [1.165, 1.54) is 0 Å².